The van der Waals surface area contributed by atoms with Crippen molar-refractivity contribution in [3.8, 4) is 0 Å². The van der Waals surface area contributed by atoms with Crippen LogP contribution in [-0.4, -0.2) is 0 Å². The molecule has 0 heterocycles. The van der Waals surface area contributed by atoms with Crippen molar-refractivity contribution in [3.63, 3.8) is 0 Å². The Labute approximate surface area is 342 Å². The summed E-state index contributed by atoms with van der Waals surface area (Å²) in [5.41, 5.74) is 22.2. The lowest BCUT2D eigenvalue weighted by molar-refractivity contribution is 0.911. The van der Waals surface area contributed by atoms with Crippen molar-refractivity contribution in [2.45, 2.75) is 90.9 Å². The summed E-state index contributed by atoms with van der Waals surface area (Å²) in [5.74, 6) is 0. The third-order valence-electron chi connectivity index (χ3n) is 14.2. The van der Waals surface area contributed by atoms with E-state index >= 15 is 0 Å². The first-order valence-electron chi connectivity index (χ1n) is 22.0. The molecule has 2 heteroatoms. The van der Waals surface area contributed by atoms with Gasteiger partial charge in [-0.25, -0.2) is 0 Å². The van der Waals surface area contributed by atoms with E-state index < -0.39 is 0 Å². The second-order valence-corrected chi connectivity index (χ2v) is 17.9. The molecule has 0 saturated heterocycles. The van der Waals surface area contributed by atoms with E-state index in [0.717, 1.165) is 25.7 Å². The first kappa shape index (κ1) is 34.2. The Bertz CT molecular complexity index is 2680. The molecule has 0 N–H and O–H groups in total. The fourth-order valence-electron chi connectivity index (χ4n) is 11.3. The van der Waals surface area contributed by atoms with Crippen LogP contribution in [0.3, 0.4) is 0 Å². The van der Waals surface area contributed by atoms with Crippen LogP contribution in [0.5, 0.6) is 0 Å². The SMILES string of the molecule is Cc1ccc2c(c1)c(N(c1ccc3c(c1)CCC3)c1ccc3c(c1)CCC3)cc1c3ccc(C)cc3c(N(c3ccc4c(c3)CCC4)c3ccc4c(c3)CCC4)cc21. The van der Waals surface area contributed by atoms with Crippen LogP contribution in [0.1, 0.15) is 81.3 Å². The fourth-order valence-corrected chi connectivity index (χ4v) is 11.3. The Morgan fingerprint density at radius 1 is 0.276 bits per heavy atom. The van der Waals surface area contributed by atoms with Crippen LogP contribution in [-0.2, 0) is 51.4 Å². The summed E-state index contributed by atoms with van der Waals surface area (Å²) in [5, 5.41) is 7.81. The Kier molecular flexibility index (Phi) is 7.87. The third kappa shape index (κ3) is 5.52. The minimum absolute atomic E-state index is 1.16. The molecule has 0 bridgehead atoms. The van der Waals surface area contributed by atoms with E-state index in [1.807, 2.05) is 0 Å². The number of rotatable bonds is 6. The Hall–Kier alpha value is -5.86. The second kappa shape index (κ2) is 13.3. The maximum Gasteiger partial charge on any atom is 0.0546 e. The van der Waals surface area contributed by atoms with Gasteiger partial charge in [-0.2, -0.15) is 0 Å². The van der Waals surface area contributed by atoms with Gasteiger partial charge in [0.1, 0.15) is 0 Å². The van der Waals surface area contributed by atoms with Crippen molar-refractivity contribution >= 4 is 66.4 Å². The summed E-state index contributed by atoms with van der Waals surface area (Å²) in [4.78, 5) is 5.18. The van der Waals surface area contributed by atoms with Crippen molar-refractivity contribution in [2.75, 3.05) is 9.80 Å². The average molecular weight is 751 g/mol. The lowest BCUT2D eigenvalue weighted by atomic mass is 9.91. The van der Waals surface area contributed by atoms with Crippen molar-refractivity contribution in [2.24, 2.45) is 0 Å². The summed E-state index contributed by atoms with van der Waals surface area (Å²) >= 11 is 0. The Morgan fingerprint density at radius 2 is 0.586 bits per heavy atom. The number of nitrogens with zero attached hydrogens (tertiary/aromatic N) is 2. The Balaban J connectivity index is 1.15. The van der Waals surface area contributed by atoms with Gasteiger partial charge in [-0.3, -0.25) is 0 Å². The van der Waals surface area contributed by atoms with Crippen LogP contribution in [0, 0.1) is 13.8 Å². The molecule has 0 saturated carbocycles. The van der Waals surface area contributed by atoms with Crippen molar-refractivity contribution in [1.29, 1.82) is 0 Å². The van der Waals surface area contributed by atoms with Gasteiger partial charge < -0.3 is 9.80 Å². The minimum atomic E-state index is 1.16. The zero-order valence-electron chi connectivity index (χ0n) is 33.9. The van der Waals surface area contributed by atoms with Gasteiger partial charge in [-0.15, -0.1) is 0 Å². The minimum Gasteiger partial charge on any atom is -0.310 e. The third-order valence-corrected chi connectivity index (χ3v) is 14.2. The van der Waals surface area contributed by atoms with Crippen LogP contribution in [0.25, 0.3) is 32.3 Å². The summed E-state index contributed by atoms with van der Waals surface area (Å²) < 4.78 is 0. The lowest BCUT2D eigenvalue weighted by Crippen LogP contribution is -2.13. The second-order valence-electron chi connectivity index (χ2n) is 17.9. The van der Waals surface area contributed by atoms with Gasteiger partial charge in [0, 0.05) is 33.5 Å². The number of hydrogen-bond donors (Lipinski definition) is 0. The lowest BCUT2D eigenvalue weighted by Gasteiger charge is -2.31. The molecule has 0 spiro atoms. The molecule has 12 rings (SSSR count). The number of aryl methyl sites for hydroxylation is 10. The van der Waals surface area contributed by atoms with E-state index in [1.54, 1.807) is 0 Å². The molecular formula is C56H50N2. The van der Waals surface area contributed by atoms with Gasteiger partial charge in [-0.1, -0.05) is 59.7 Å². The molecule has 0 radical (unpaired) electrons. The molecule has 0 aliphatic heterocycles. The standard InChI is InChI=1S/C56H50N2/c1-35-15-25-49-51-34-56(58(47-23-19-39-9-5-13-43(39)31-47)48-24-20-40-10-6-14-44(40)32-48)54-28-36(2)16-26-50(54)52(51)33-55(53(49)27-35)57(45-21-17-37-7-3-11-41(37)29-45)46-22-18-38-8-4-12-42(38)30-46/h15-34H,3-14H2,1-2H3. The predicted molar refractivity (Wildman–Crippen MR) is 246 cm³/mol. The molecule has 0 amide bonds. The summed E-state index contributed by atoms with van der Waals surface area (Å²) in [7, 11) is 0. The molecule has 0 unspecified atom stereocenters. The first-order chi connectivity index (χ1) is 28.5. The molecular weight excluding hydrogens is 701 g/mol. The average Bonchev–Trinajstić information content (AvgIpc) is 4.08. The van der Waals surface area contributed by atoms with E-state index in [-0.39, 0.29) is 0 Å². The Morgan fingerprint density at radius 3 is 0.914 bits per heavy atom. The normalized spacial score (nSPS) is 15.3. The molecule has 2 nitrogen and oxygen atoms in total. The van der Waals surface area contributed by atoms with Gasteiger partial charge in [0.05, 0.1) is 11.4 Å². The molecule has 0 aromatic heterocycles. The number of anilines is 6. The highest BCUT2D eigenvalue weighted by Gasteiger charge is 2.26. The molecule has 4 aliphatic rings. The van der Waals surface area contributed by atoms with Crippen LogP contribution in [0.4, 0.5) is 34.1 Å². The van der Waals surface area contributed by atoms with Gasteiger partial charge in [-0.05, 0) is 230 Å². The number of benzene rings is 8. The largest absolute Gasteiger partial charge is 0.310 e. The molecule has 0 atom stereocenters. The van der Waals surface area contributed by atoms with Crippen LogP contribution in [0.15, 0.2) is 121 Å². The van der Waals surface area contributed by atoms with Crippen molar-refractivity contribution in [1.82, 2.24) is 0 Å². The molecule has 284 valence electrons. The molecule has 58 heavy (non-hydrogen) atoms. The van der Waals surface area contributed by atoms with Gasteiger partial charge >= 0.3 is 0 Å². The van der Waals surface area contributed by atoms with Crippen LogP contribution in [0.2, 0.25) is 0 Å². The van der Waals surface area contributed by atoms with Crippen molar-refractivity contribution < 1.29 is 0 Å². The van der Waals surface area contributed by atoms with E-state index in [0.29, 0.717) is 0 Å². The highest BCUT2D eigenvalue weighted by atomic mass is 15.2. The summed E-state index contributed by atoms with van der Waals surface area (Å²) in [6.45, 7) is 4.50. The van der Waals surface area contributed by atoms with Crippen LogP contribution < -0.4 is 9.80 Å². The van der Waals surface area contributed by atoms with Gasteiger partial charge in [0.15, 0.2) is 0 Å². The summed E-state index contributed by atoms with van der Waals surface area (Å²) in [6.07, 6.45) is 14.4. The zero-order valence-corrected chi connectivity index (χ0v) is 33.9. The van der Waals surface area contributed by atoms with Gasteiger partial charge in [0.25, 0.3) is 0 Å². The predicted octanol–water partition coefficient (Wildman–Crippen LogP) is 14.7. The highest BCUT2D eigenvalue weighted by molar-refractivity contribution is 6.24. The molecule has 0 fully saturated rings. The quantitative estimate of drug-likeness (QED) is 0.156. The first-order valence-corrected chi connectivity index (χ1v) is 22.0. The van der Waals surface area contributed by atoms with E-state index in [1.165, 1.54) is 173 Å². The molecule has 8 aromatic rings. The fraction of sp³-hybridized carbons (Fsp3) is 0.250. The summed E-state index contributed by atoms with van der Waals surface area (Å²) in [6, 6.07) is 48.6. The maximum absolute atomic E-state index is 2.59. The smallest absolute Gasteiger partial charge is 0.0546 e. The van der Waals surface area contributed by atoms with E-state index in [9.17, 15) is 0 Å². The molecule has 4 aliphatic carbocycles. The van der Waals surface area contributed by atoms with Crippen molar-refractivity contribution in [3.05, 3.63) is 177 Å². The monoisotopic (exact) mass is 750 g/mol. The number of fused-ring (bicyclic) bond motifs is 9. The topological polar surface area (TPSA) is 6.48 Å². The van der Waals surface area contributed by atoms with Gasteiger partial charge in [0.2, 0.25) is 0 Å². The van der Waals surface area contributed by atoms with Crippen LogP contribution >= 0.6 is 0 Å². The molecule has 8 aromatic carbocycles. The zero-order chi connectivity index (χ0) is 38.5. The highest BCUT2D eigenvalue weighted by Crippen LogP contribution is 2.49. The van der Waals surface area contributed by atoms with E-state index in [4.69, 9.17) is 0 Å². The maximum atomic E-state index is 2.59. The number of hydrogen-bond acceptors (Lipinski definition) is 2. The van der Waals surface area contributed by atoms with E-state index in [2.05, 4.69) is 145 Å².